The fraction of sp³-hybridized carbons (Fsp3) is 0.200. The molecular formula is C20H19N3O. The van der Waals surface area contributed by atoms with E-state index in [-0.39, 0.29) is 5.91 Å². The first-order valence-electron chi connectivity index (χ1n) is 8.34. The number of H-pyrrole nitrogens is 1. The second-order valence-electron chi connectivity index (χ2n) is 6.13. The molecule has 24 heavy (non-hydrogen) atoms. The fourth-order valence-corrected chi connectivity index (χ4v) is 3.38. The number of hydrogen-bond donors (Lipinski definition) is 2. The second-order valence-corrected chi connectivity index (χ2v) is 6.13. The van der Waals surface area contributed by atoms with E-state index in [1.165, 1.54) is 29.5 Å². The number of hydrazone groups is 1. The highest BCUT2D eigenvalue weighted by Crippen LogP contribution is 2.30. The summed E-state index contributed by atoms with van der Waals surface area (Å²) in [5.74, 6) is -0.189. The van der Waals surface area contributed by atoms with Crippen molar-refractivity contribution in [2.24, 2.45) is 5.10 Å². The predicted octanol–water partition coefficient (Wildman–Crippen LogP) is 3.81. The summed E-state index contributed by atoms with van der Waals surface area (Å²) in [5.41, 5.74) is 7.81. The van der Waals surface area contributed by atoms with Gasteiger partial charge in [-0.2, -0.15) is 5.10 Å². The number of nitrogens with one attached hydrogen (secondary N) is 2. The van der Waals surface area contributed by atoms with Crippen molar-refractivity contribution in [1.82, 2.24) is 10.4 Å². The molecule has 0 atom stereocenters. The fourth-order valence-electron chi connectivity index (χ4n) is 3.38. The van der Waals surface area contributed by atoms with Gasteiger partial charge in [0.1, 0.15) is 0 Å². The Labute approximate surface area is 140 Å². The van der Waals surface area contributed by atoms with Crippen molar-refractivity contribution in [2.45, 2.75) is 25.7 Å². The van der Waals surface area contributed by atoms with Crippen LogP contribution in [-0.4, -0.2) is 17.1 Å². The summed E-state index contributed by atoms with van der Waals surface area (Å²) in [6.45, 7) is 0. The first kappa shape index (κ1) is 14.7. The highest BCUT2D eigenvalue weighted by Gasteiger charge is 2.18. The zero-order valence-corrected chi connectivity index (χ0v) is 13.4. The van der Waals surface area contributed by atoms with Crippen molar-refractivity contribution in [3.05, 3.63) is 70.9 Å². The molecule has 1 aliphatic carbocycles. The third-order valence-corrected chi connectivity index (χ3v) is 4.56. The average molecular weight is 317 g/mol. The summed E-state index contributed by atoms with van der Waals surface area (Å²) in [5, 5.41) is 5.24. The molecule has 2 N–H and O–H groups in total. The summed E-state index contributed by atoms with van der Waals surface area (Å²) in [6, 6.07) is 15.6. The molecule has 0 unspecified atom stereocenters. The van der Waals surface area contributed by atoms with Crippen molar-refractivity contribution < 1.29 is 4.79 Å². The molecule has 2 aromatic carbocycles. The Morgan fingerprint density at radius 2 is 1.88 bits per heavy atom. The zero-order chi connectivity index (χ0) is 16.4. The summed E-state index contributed by atoms with van der Waals surface area (Å²) in [4.78, 5) is 16.0. The van der Waals surface area contributed by atoms with Gasteiger partial charge in [0.15, 0.2) is 0 Å². The van der Waals surface area contributed by atoms with Crippen molar-refractivity contribution in [3.8, 4) is 0 Å². The predicted molar refractivity (Wildman–Crippen MR) is 96.4 cm³/mol. The monoisotopic (exact) mass is 317 g/mol. The standard InChI is InChI=1S/C20H19N3O/c24-20(23-21-13-14-7-2-1-3-8-14)17-11-6-10-16-15-9-4-5-12-18(15)22-19(16)17/h1-3,6-8,10-11,13,22H,4-5,9,12H2,(H,23,24)/b21-13+. The van der Waals surface area contributed by atoms with Crippen molar-refractivity contribution in [1.29, 1.82) is 0 Å². The minimum absolute atomic E-state index is 0.189. The number of para-hydroxylation sites is 1. The van der Waals surface area contributed by atoms with E-state index >= 15 is 0 Å². The van der Waals surface area contributed by atoms with Gasteiger partial charge in [-0.25, -0.2) is 5.43 Å². The number of rotatable bonds is 3. The van der Waals surface area contributed by atoms with E-state index in [0.717, 1.165) is 23.9 Å². The van der Waals surface area contributed by atoms with Crippen LogP contribution in [0.3, 0.4) is 0 Å². The third-order valence-electron chi connectivity index (χ3n) is 4.56. The van der Waals surface area contributed by atoms with Crippen molar-refractivity contribution in [2.75, 3.05) is 0 Å². The zero-order valence-electron chi connectivity index (χ0n) is 13.4. The van der Waals surface area contributed by atoms with Gasteiger partial charge in [0.05, 0.1) is 17.3 Å². The van der Waals surface area contributed by atoms with Crippen LogP contribution in [0.5, 0.6) is 0 Å². The third kappa shape index (κ3) is 2.71. The second kappa shape index (κ2) is 6.32. The molecule has 0 radical (unpaired) electrons. The molecule has 3 aromatic rings. The van der Waals surface area contributed by atoms with Crippen LogP contribution in [-0.2, 0) is 12.8 Å². The number of fused-ring (bicyclic) bond motifs is 3. The average Bonchev–Trinajstić information content (AvgIpc) is 3.01. The first-order chi connectivity index (χ1) is 11.8. The Bertz CT molecular complexity index is 909. The number of aromatic amines is 1. The Morgan fingerprint density at radius 1 is 1.04 bits per heavy atom. The Balaban J connectivity index is 1.60. The van der Waals surface area contributed by atoms with Gasteiger partial charge in [-0.1, -0.05) is 42.5 Å². The SMILES string of the molecule is O=C(N/N=C/c1ccccc1)c1cccc2c3c([nH]c12)CCCC3. The van der Waals surface area contributed by atoms with Gasteiger partial charge in [0.25, 0.3) is 5.91 Å². The lowest BCUT2D eigenvalue weighted by atomic mass is 9.95. The van der Waals surface area contributed by atoms with Crippen LogP contribution in [0.25, 0.3) is 10.9 Å². The number of nitrogens with zero attached hydrogens (tertiary/aromatic N) is 1. The molecule has 120 valence electrons. The lowest BCUT2D eigenvalue weighted by molar-refractivity contribution is 0.0956. The van der Waals surface area contributed by atoms with Gasteiger partial charge < -0.3 is 4.98 Å². The van der Waals surface area contributed by atoms with Gasteiger partial charge in [-0.15, -0.1) is 0 Å². The molecule has 1 heterocycles. The van der Waals surface area contributed by atoms with Crippen LogP contribution in [0.2, 0.25) is 0 Å². The van der Waals surface area contributed by atoms with Crippen LogP contribution in [0.4, 0.5) is 0 Å². The van der Waals surface area contributed by atoms with Crippen molar-refractivity contribution in [3.63, 3.8) is 0 Å². The lowest BCUT2D eigenvalue weighted by Gasteiger charge is -2.10. The minimum Gasteiger partial charge on any atom is -0.358 e. The van der Waals surface area contributed by atoms with E-state index in [9.17, 15) is 4.79 Å². The van der Waals surface area contributed by atoms with Gasteiger partial charge in [0, 0.05) is 11.1 Å². The Kier molecular flexibility index (Phi) is 3.87. The van der Waals surface area contributed by atoms with Crippen LogP contribution < -0.4 is 5.43 Å². The van der Waals surface area contributed by atoms with Gasteiger partial charge in [0.2, 0.25) is 0 Å². The van der Waals surface area contributed by atoms with Crippen LogP contribution in [0.15, 0.2) is 53.6 Å². The molecule has 4 heteroatoms. The Morgan fingerprint density at radius 3 is 2.75 bits per heavy atom. The molecule has 0 fully saturated rings. The van der Waals surface area contributed by atoms with E-state index in [1.807, 2.05) is 42.5 Å². The highest BCUT2D eigenvalue weighted by atomic mass is 16.2. The molecule has 1 aromatic heterocycles. The molecular weight excluding hydrogens is 298 g/mol. The van der Waals surface area contributed by atoms with Gasteiger partial charge >= 0.3 is 0 Å². The summed E-state index contributed by atoms with van der Waals surface area (Å²) >= 11 is 0. The molecule has 0 saturated heterocycles. The Hall–Kier alpha value is -2.88. The van der Waals surface area contributed by atoms with E-state index < -0.39 is 0 Å². The molecule has 4 nitrogen and oxygen atoms in total. The molecule has 1 amide bonds. The van der Waals surface area contributed by atoms with Gasteiger partial charge in [-0.05, 0) is 42.9 Å². The maximum absolute atomic E-state index is 12.5. The summed E-state index contributed by atoms with van der Waals surface area (Å²) in [6.07, 6.45) is 6.24. The number of benzene rings is 2. The normalized spacial score (nSPS) is 14.0. The first-order valence-corrected chi connectivity index (χ1v) is 8.34. The number of amides is 1. The lowest BCUT2D eigenvalue weighted by Crippen LogP contribution is -2.18. The largest absolute Gasteiger partial charge is 0.358 e. The van der Waals surface area contributed by atoms with Crippen LogP contribution >= 0.6 is 0 Å². The van der Waals surface area contributed by atoms with Gasteiger partial charge in [-0.3, -0.25) is 4.79 Å². The molecule has 0 spiro atoms. The summed E-state index contributed by atoms with van der Waals surface area (Å²) in [7, 11) is 0. The van der Waals surface area contributed by atoms with E-state index in [1.54, 1.807) is 6.21 Å². The number of hydrogen-bond acceptors (Lipinski definition) is 2. The maximum atomic E-state index is 12.5. The number of carbonyl (C=O) groups excluding carboxylic acids is 1. The van der Waals surface area contributed by atoms with E-state index in [2.05, 4.69) is 21.6 Å². The maximum Gasteiger partial charge on any atom is 0.273 e. The quantitative estimate of drug-likeness (QED) is 0.560. The molecule has 4 rings (SSSR count). The van der Waals surface area contributed by atoms with Crippen LogP contribution in [0.1, 0.15) is 40.0 Å². The van der Waals surface area contributed by atoms with E-state index in [4.69, 9.17) is 0 Å². The molecule has 0 saturated carbocycles. The molecule has 0 aliphatic heterocycles. The molecule has 0 bridgehead atoms. The van der Waals surface area contributed by atoms with Crippen molar-refractivity contribution >= 4 is 23.0 Å². The number of aromatic nitrogens is 1. The van der Waals surface area contributed by atoms with Crippen LogP contribution in [0, 0.1) is 0 Å². The number of aryl methyl sites for hydroxylation is 2. The number of carbonyl (C=O) groups is 1. The highest BCUT2D eigenvalue weighted by molar-refractivity contribution is 6.07. The minimum atomic E-state index is -0.189. The topological polar surface area (TPSA) is 57.2 Å². The van der Waals surface area contributed by atoms with E-state index in [0.29, 0.717) is 5.56 Å². The molecule has 1 aliphatic rings. The smallest absolute Gasteiger partial charge is 0.273 e. The summed E-state index contributed by atoms with van der Waals surface area (Å²) < 4.78 is 0.